The lowest BCUT2D eigenvalue weighted by atomic mass is 10.1. The van der Waals surface area contributed by atoms with E-state index in [9.17, 15) is 4.79 Å². The van der Waals surface area contributed by atoms with Crippen LogP contribution in [-0.4, -0.2) is 44.3 Å². The Hall–Kier alpha value is -1.56. The average Bonchev–Trinajstić information content (AvgIpc) is 3.04. The van der Waals surface area contributed by atoms with Crippen LogP contribution in [0, 0.1) is 5.92 Å². The van der Waals surface area contributed by atoms with Gasteiger partial charge in [0.2, 0.25) is 5.75 Å². The summed E-state index contributed by atoms with van der Waals surface area (Å²) in [4.78, 5) is 12.3. The minimum Gasteiger partial charge on any atom is -0.493 e. The van der Waals surface area contributed by atoms with Gasteiger partial charge in [-0.15, -0.1) is 0 Å². The molecule has 0 aliphatic carbocycles. The standard InChI is InChI=1S/C15H19NO4S/c1-18-12-6-11(7-13-14(12)20-4-3-19-13)15(17)16-8-10-2-5-21-9-10/h6-7,10H,2-5,8-9H2,1H3,(H,16,17)/t10-/m1/s1. The predicted molar refractivity (Wildman–Crippen MR) is 81.7 cm³/mol. The zero-order valence-electron chi connectivity index (χ0n) is 12.0. The third kappa shape index (κ3) is 3.20. The maximum absolute atomic E-state index is 12.3. The molecule has 0 spiro atoms. The zero-order chi connectivity index (χ0) is 14.7. The summed E-state index contributed by atoms with van der Waals surface area (Å²) in [5.74, 6) is 4.49. The van der Waals surface area contributed by atoms with Crippen LogP contribution < -0.4 is 19.5 Å². The maximum atomic E-state index is 12.3. The molecule has 0 bridgehead atoms. The molecule has 6 heteroatoms. The Labute approximate surface area is 128 Å². The highest BCUT2D eigenvalue weighted by molar-refractivity contribution is 7.99. The van der Waals surface area contributed by atoms with Crippen LogP contribution in [0.1, 0.15) is 16.8 Å². The van der Waals surface area contributed by atoms with Crippen molar-refractivity contribution in [1.29, 1.82) is 0 Å². The van der Waals surface area contributed by atoms with Crippen LogP contribution >= 0.6 is 11.8 Å². The number of rotatable bonds is 4. The second kappa shape index (κ2) is 6.47. The molecule has 3 rings (SSSR count). The van der Waals surface area contributed by atoms with Gasteiger partial charge in [0.05, 0.1) is 7.11 Å². The lowest BCUT2D eigenvalue weighted by Gasteiger charge is -2.21. The largest absolute Gasteiger partial charge is 0.493 e. The third-order valence-electron chi connectivity index (χ3n) is 3.67. The van der Waals surface area contributed by atoms with Gasteiger partial charge < -0.3 is 19.5 Å². The molecule has 21 heavy (non-hydrogen) atoms. The summed E-state index contributed by atoms with van der Waals surface area (Å²) in [5, 5.41) is 2.99. The molecule has 1 amide bonds. The molecule has 1 fully saturated rings. The van der Waals surface area contributed by atoms with Gasteiger partial charge in [-0.1, -0.05) is 0 Å². The van der Waals surface area contributed by atoms with E-state index in [4.69, 9.17) is 14.2 Å². The van der Waals surface area contributed by atoms with E-state index in [2.05, 4.69) is 5.32 Å². The van der Waals surface area contributed by atoms with Gasteiger partial charge in [0, 0.05) is 12.1 Å². The van der Waals surface area contributed by atoms with Crippen molar-refractivity contribution in [1.82, 2.24) is 5.32 Å². The molecule has 114 valence electrons. The first-order chi connectivity index (χ1) is 10.3. The summed E-state index contributed by atoms with van der Waals surface area (Å²) in [6.07, 6.45) is 1.18. The van der Waals surface area contributed by atoms with E-state index in [-0.39, 0.29) is 5.91 Å². The van der Waals surface area contributed by atoms with E-state index in [1.807, 2.05) is 11.8 Å². The highest BCUT2D eigenvalue weighted by Gasteiger charge is 2.22. The Balaban J connectivity index is 1.73. The van der Waals surface area contributed by atoms with Gasteiger partial charge in [0.1, 0.15) is 13.2 Å². The Morgan fingerprint density at radius 2 is 2.29 bits per heavy atom. The first-order valence-corrected chi connectivity index (χ1v) is 8.27. The molecule has 2 heterocycles. The summed E-state index contributed by atoms with van der Waals surface area (Å²) < 4.78 is 16.4. The predicted octanol–water partition coefficient (Wildman–Crippen LogP) is 1.95. The highest BCUT2D eigenvalue weighted by Crippen LogP contribution is 2.40. The van der Waals surface area contributed by atoms with Crippen LogP contribution in [0.4, 0.5) is 0 Å². The lowest BCUT2D eigenvalue weighted by Crippen LogP contribution is -2.29. The van der Waals surface area contributed by atoms with Gasteiger partial charge in [0.25, 0.3) is 5.91 Å². The second-order valence-electron chi connectivity index (χ2n) is 5.14. The molecular weight excluding hydrogens is 290 g/mol. The molecule has 1 saturated heterocycles. The van der Waals surface area contributed by atoms with Gasteiger partial charge in [-0.3, -0.25) is 4.79 Å². The van der Waals surface area contributed by atoms with Crippen LogP contribution in [0.3, 0.4) is 0 Å². The number of fused-ring (bicyclic) bond motifs is 1. The maximum Gasteiger partial charge on any atom is 0.251 e. The monoisotopic (exact) mass is 309 g/mol. The molecule has 0 aromatic heterocycles. The number of thioether (sulfide) groups is 1. The number of amides is 1. The van der Waals surface area contributed by atoms with E-state index in [0.717, 1.165) is 12.3 Å². The Kier molecular flexibility index (Phi) is 4.43. The Morgan fingerprint density at radius 3 is 3.05 bits per heavy atom. The van der Waals surface area contributed by atoms with E-state index < -0.39 is 0 Å². The van der Waals surface area contributed by atoms with E-state index >= 15 is 0 Å². The molecule has 1 atom stereocenters. The molecule has 1 aromatic carbocycles. The number of hydrogen-bond donors (Lipinski definition) is 1. The summed E-state index contributed by atoms with van der Waals surface area (Å²) in [6, 6.07) is 3.42. The summed E-state index contributed by atoms with van der Waals surface area (Å²) in [7, 11) is 1.56. The van der Waals surface area contributed by atoms with Gasteiger partial charge >= 0.3 is 0 Å². The van der Waals surface area contributed by atoms with Gasteiger partial charge in [0.15, 0.2) is 11.5 Å². The first-order valence-electron chi connectivity index (χ1n) is 7.11. The van der Waals surface area contributed by atoms with Gasteiger partial charge in [-0.2, -0.15) is 11.8 Å². The molecular formula is C15H19NO4S. The number of carbonyl (C=O) groups excluding carboxylic acids is 1. The molecule has 1 aromatic rings. The molecule has 1 N–H and O–H groups in total. The topological polar surface area (TPSA) is 56.8 Å². The summed E-state index contributed by atoms with van der Waals surface area (Å²) in [5.41, 5.74) is 0.543. The van der Waals surface area contributed by atoms with Crippen molar-refractivity contribution < 1.29 is 19.0 Å². The minimum absolute atomic E-state index is 0.0952. The van der Waals surface area contributed by atoms with Crippen molar-refractivity contribution >= 4 is 17.7 Å². The highest BCUT2D eigenvalue weighted by atomic mass is 32.2. The number of ether oxygens (including phenoxy) is 3. The fourth-order valence-corrected chi connectivity index (χ4v) is 3.77. The van der Waals surface area contributed by atoms with Crippen LogP contribution in [0.15, 0.2) is 12.1 Å². The fourth-order valence-electron chi connectivity index (χ4n) is 2.49. The van der Waals surface area contributed by atoms with Crippen LogP contribution in [0.2, 0.25) is 0 Å². The third-order valence-corrected chi connectivity index (χ3v) is 4.90. The average molecular weight is 309 g/mol. The van der Waals surface area contributed by atoms with Crippen molar-refractivity contribution in [3.63, 3.8) is 0 Å². The zero-order valence-corrected chi connectivity index (χ0v) is 12.8. The quantitative estimate of drug-likeness (QED) is 0.921. The molecule has 0 radical (unpaired) electrons. The molecule has 0 saturated carbocycles. The lowest BCUT2D eigenvalue weighted by molar-refractivity contribution is 0.0946. The summed E-state index contributed by atoms with van der Waals surface area (Å²) in [6.45, 7) is 1.71. The normalized spacial score (nSPS) is 20.1. The number of benzene rings is 1. The van der Waals surface area contributed by atoms with Crippen LogP contribution in [-0.2, 0) is 0 Å². The Bertz CT molecular complexity index is 511. The van der Waals surface area contributed by atoms with Crippen molar-refractivity contribution in [2.75, 3.05) is 38.4 Å². The van der Waals surface area contributed by atoms with Crippen molar-refractivity contribution in [2.45, 2.75) is 6.42 Å². The van der Waals surface area contributed by atoms with Gasteiger partial charge in [-0.05, 0) is 36.0 Å². The number of carbonyl (C=O) groups is 1. The van der Waals surface area contributed by atoms with E-state index in [0.29, 0.717) is 41.9 Å². The fraction of sp³-hybridized carbons (Fsp3) is 0.533. The summed E-state index contributed by atoms with van der Waals surface area (Å²) >= 11 is 1.95. The Morgan fingerprint density at radius 1 is 1.43 bits per heavy atom. The minimum atomic E-state index is -0.0952. The van der Waals surface area contributed by atoms with Crippen LogP contribution in [0.5, 0.6) is 17.2 Å². The molecule has 2 aliphatic rings. The second-order valence-corrected chi connectivity index (χ2v) is 6.29. The number of hydrogen-bond acceptors (Lipinski definition) is 5. The smallest absolute Gasteiger partial charge is 0.251 e. The van der Waals surface area contributed by atoms with E-state index in [1.54, 1.807) is 19.2 Å². The number of methoxy groups -OCH3 is 1. The van der Waals surface area contributed by atoms with Gasteiger partial charge in [-0.25, -0.2) is 0 Å². The number of nitrogens with one attached hydrogen (secondary N) is 1. The SMILES string of the molecule is COc1cc(C(=O)NC[C@H]2CCSC2)cc2c1OCCO2. The molecule has 0 unspecified atom stereocenters. The first kappa shape index (κ1) is 14.4. The molecule has 2 aliphatic heterocycles. The molecule has 5 nitrogen and oxygen atoms in total. The van der Waals surface area contributed by atoms with Crippen molar-refractivity contribution in [3.05, 3.63) is 17.7 Å². The van der Waals surface area contributed by atoms with Crippen molar-refractivity contribution in [2.24, 2.45) is 5.92 Å². The van der Waals surface area contributed by atoms with E-state index in [1.165, 1.54) is 12.2 Å². The van der Waals surface area contributed by atoms with Crippen LogP contribution in [0.25, 0.3) is 0 Å². The van der Waals surface area contributed by atoms with Crippen molar-refractivity contribution in [3.8, 4) is 17.2 Å².